The highest BCUT2D eigenvalue weighted by Crippen LogP contribution is 2.19. The van der Waals surface area contributed by atoms with Crippen LogP contribution in [0.2, 0.25) is 0 Å². The fourth-order valence-electron chi connectivity index (χ4n) is 1.33. The molecule has 0 aromatic carbocycles. The van der Waals surface area contributed by atoms with Gasteiger partial charge in [0.2, 0.25) is 11.7 Å². The number of nitrogens with two attached hydrogens (primary N) is 1. The van der Waals surface area contributed by atoms with E-state index in [9.17, 15) is 0 Å². The van der Waals surface area contributed by atoms with Gasteiger partial charge in [0.25, 0.3) is 0 Å². The van der Waals surface area contributed by atoms with Crippen LogP contribution in [-0.4, -0.2) is 19.7 Å². The third kappa shape index (κ3) is 1.83. The molecule has 0 aliphatic rings. The minimum atomic E-state index is -0.235. The first-order valence-corrected chi connectivity index (χ1v) is 5.16. The number of aryl methyl sites for hydroxylation is 1. The van der Waals surface area contributed by atoms with Crippen LogP contribution >= 0.6 is 0 Å². The van der Waals surface area contributed by atoms with Gasteiger partial charge in [-0.25, -0.2) is 4.98 Å². The maximum Gasteiger partial charge on any atom is 0.244 e. The average molecular weight is 221 g/mol. The molecular weight excluding hydrogens is 206 g/mol. The Morgan fingerprint density at radius 2 is 2.19 bits per heavy atom. The Labute approximate surface area is 93.5 Å². The quantitative estimate of drug-likeness (QED) is 0.839. The van der Waals surface area contributed by atoms with E-state index < -0.39 is 0 Å². The van der Waals surface area contributed by atoms with Crippen LogP contribution in [-0.2, 0) is 7.05 Å². The van der Waals surface area contributed by atoms with Crippen LogP contribution in [0, 0.1) is 5.92 Å². The SMILES string of the molecule is CC(C)[C@H](N)c1nc(-c2nccn2C)no1. The largest absolute Gasteiger partial charge is 0.337 e. The van der Waals surface area contributed by atoms with Crippen molar-refractivity contribution in [2.24, 2.45) is 18.7 Å². The molecule has 0 amide bonds. The Hall–Kier alpha value is -1.69. The molecule has 0 aliphatic heterocycles. The summed E-state index contributed by atoms with van der Waals surface area (Å²) in [5, 5.41) is 3.87. The summed E-state index contributed by atoms with van der Waals surface area (Å²) in [5.74, 6) is 1.85. The number of imidazole rings is 1. The maximum absolute atomic E-state index is 5.92. The van der Waals surface area contributed by atoms with Crippen molar-refractivity contribution in [3.05, 3.63) is 18.3 Å². The highest BCUT2D eigenvalue weighted by atomic mass is 16.5. The summed E-state index contributed by atoms with van der Waals surface area (Å²) in [4.78, 5) is 8.39. The Kier molecular flexibility index (Phi) is 2.74. The van der Waals surface area contributed by atoms with Crippen molar-refractivity contribution in [3.8, 4) is 11.6 Å². The van der Waals surface area contributed by atoms with E-state index >= 15 is 0 Å². The van der Waals surface area contributed by atoms with Crippen LogP contribution in [0.1, 0.15) is 25.8 Å². The fraction of sp³-hybridized carbons (Fsp3) is 0.500. The molecule has 0 aliphatic carbocycles. The first kappa shape index (κ1) is 10.8. The average Bonchev–Trinajstić information content (AvgIpc) is 2.84. The smallest absolute Gasteiger partial charge is 0.244 e. The number of aromatic nitrogens is 4. The monoisotopic (exact) mass is 221 g/mol. The molecule has 2 aromatic rings. The number of nitrogens with zero attached hydrogens (tertiary/aromatic N) is 4. The van der Waals surface area contributed by atoms with Crippen molar-refractivity contribution in [1.29, 1.82) is 0 Å². The molecule has 6 heteroatoms. The zero-order chi connectivity index (χ0) is 11.7. The maximum atomic E-state index is 5.92. The third-order valence-electron chi connectivity index (χ3n) is 2.47. The molecule has 6 nitrogen and oxygen atoms in total. The van der Waals surface area contributed by atoms with Crippen LogP contribution < -0.4 is 5.73 Å². The lowest BCUT2D eigenvalue weighted by molar-refractivity contribution is 0.325. The van der Waals surface area contributed by atoms with E-state index in [4.69, 9.17) is 10.3 Å². The topological polar surface area (TPSA) is 82.8 Å². The van der Waals surface area contributed by atoms with Gasteiger partial charge >= 0.3 is 0 Å². The van der Waals surface area contributed by atoms with Crippen LogP contribution in [0.5, 0.6) is 0 Å². The summed E-state index contributed by atoms with van der Waals surface area (Å²) < 4.78 is 6.96. The van der Waals surface area contributed by atoms with E-state index in [0.29, 0.717) is 17.5 Å². The summed E-state index contributed by atoms with van der Waals surface area (Å²) >= 11 is 0. The highest BCUT2D eigenvalue weighted by molar-refractivity contribution is 5.42. The van der Waals surface area contributed by atoms with Crippen molar-refractivity contribution in [2.75, 3.05) is 0 Å². The van der Waals surface area contributed by atoms with Gasteiger partial charge in [-0.1, -0.05) is 19.0 Å². The number of hydrogen-bond acceptors (Lipinski definition) is 5. The van der Waals surface area contributed by atoms with Crippen LogP contribution in [0.4, 0.5) is 0 Å². The Morgan fingerprint density at radius 1 is 1.44 bits per heavy atom. The summed E-state index contributed by atoms with van der Waals surface area (Å²) in [5.41, 5.74) is 5.92. The van der Waals surface area contributed by atoms with E-state index in [1.54, 1.807) is 6.20 Å². The summed E-state index contributed by atoms with van der Waals surface area (Å²) in [7, 11) is 1.88. The first-order valence-electron chi connectivity index (χ1n) is 5.16. The molecule has 1 atom stereocenters. The molecule has 2 N–H and O–H groups in total. The molecule has 2 rings (SSSR count). The Morgan fingerprint density at radius 3 is 2.75 bits per heavy atom. The fourth-order valence-corrected chi connectivity index (χ4v) is 1.33. The van der Waals surface area contributed by atoms with Crippen molar-refractivity contribution >= 4 is 0 Å². The van der Waals surface area contributed by atoms with Crippen molar-refractivity contribution in [3.63, 3.8) is 0 Å². The van der Waals surface area contributed by atoms with Gasteiger partial charge in [-0.05, 0) is 5.92 Å². The second kappa shape index (κ2) is 4.05. The van der Waals surface area contributed by atoms with E-state index in [1.807, 2.05) is 31.7 Å². The molecule has 0 saturated carbocycles. The van der Waals surface area contributed by atoms with Crippen LogP contribution in [0.15, 0.2) is 16.9 Å². The minimum absolute atomic E-state index is 0.235. The molecule has 2 heterocycles. The normalized spacial score (nSPS) is 13.3. The molecule has 0 radical (unpaired) electrons. The third-order valence-corrected chi connectivity index (χ3v) is 2.47. The van der Waals surface area contributed by atoms with E-state index in [0.717, 1.165) is 0 Å². The van der Waals surface area contributed by atoms with Crippen LogP contribution in [0.3, 0.4) is 0 Å². The zero-order valence-corrected chi connectivity index (χ0v) is 9.58. The molecule has 86 valence electrons. The van der Waals surface area contributed by atoms with Crippen molar-refractivity contribution in [2.45, 2.75) is 19.9 Å². The summed E-state index contributed by atoms with van der Waals surface area (Å²) in [6, 6.07) is -0.235. The predicted molar refractivity (Wildman–Crippen MR) is 58.3 cm³/mol. The van der Waals surface area contributed by atoms with Gasteiger partial charge in [-0.15, -0.1) is 0 Å². The van der Waals surface area contributed by atoms with E-state index in [-0.39, 0.29) is 12.0 Å². The van der Waals surface area contributed by atoms with Gasteiger partial charge in [0.15, 0.2) is 5.82 Å². The second-order valence-corrected chi connectivity index (χ2v) is 4.09. The van der Waals surface area contributed by atoms with Gasteiger partial charge in [0.1, 0.15) is 0 Å². The zero-order valence-electron chi connectivity index (χ0n) is 9.58. The summed E-state index contributed by atoms with van der Waals surface area (Å²) in [6.45, 7) is 4.02. The highest BCUT2D eigenvalue weighted by Gasteiger charge is 2.19. The predicted octanol–water partition coefficient (Wildman–Crippen LogP) is 1.13. The molecule has 0 unspecified atom stereocenters. The lowest BCUT2D eigenvalue weighted by atomic mass is 10.1. The van der Waals surface area contributed by atoms with Gasteiger partial charge in [-0.2, -0.15) is 4.98 Å². The lowest BCUT2D eigenvalue weighted by Crippen LogP contribution is -2.16. The number of rotatable bonds is 3. The van der Waals surface area contributed by atoms with E-state index in [2.05, 4.69) is 15.1 Å². The standard InChI is InChI=1S/C10H15N5O/c1-6(2)7(11)10-13-8(14-16-10)9-12-4-5-15(9)3/h4-7H,11H2,1-3H3/t7-/m0/s1. The molecule has 0 spiro atoms. The minimum Gasteiger partial charge on any atom is -0.337 e. The van der Waals surface area contributed by atoms with Crippen LogP contribution in [0.25, 0.3) is 11.6 Å². The van der Waals surface area contributed by atoms with E-state index in [1.165, 1.54) is 0 Å². The second-order valence-electron chi connectivity index (χ2n) is 4.09. The van der Waals surface area contributed by atoms with Gasteiger partial charge in [0, 0.05) is 19.4 Å². The van der Waals surface area contributed by atoms with Gasteiger partial charge in [0.05, 0.1) is 6.04 Å². The number of hydrogen-bond donors (Lipinski definition) is 1. The lowest BCUT2D eigenvalue weighted by Gasteiger charge is -2.09. The molecule has 0 saturated heterocycles. The molecule has 0 fully saturated rings. The summed E-state index contributed by atoms with van der Waals surface area (Å²) in [6.07, 6.45) is 3.52. The first-order chi connectivity index (χ1) is 7.59. The Balaban J connectivity index is 2.30. The van der Waals surface area contributed by atoms with Crippen molar-refractivity contribution in [1.82, 2.24) is 19.7 Å². The molecular formula is C10H15N5O. The molecule has 16 heavy (non-hydrogen) atoms. The molecule has 2 aromatic heterocycles. The van der Waals surface area contributed by atoms with Gasteiger partial charge in [-0.3, -0.25) is 0 Å². The van der Waals surface area contributed by atoms with Crippen molar-refractivity contribution < 1.29 is 4.52 Å². The molecule has 0 bridgehead atoms. The Bertz CT molecular complexity index is 473. The van der Waals surface area contributed by atoms with Gasteiger partial charge < -0.3 is 14.8 Å².